The lowest BCUT2D eigenvalue weighted by Gasteiger charge is -2.25. The third-order valence-corrected chi connectivity index (χ3v) is 8.29. The maximum absolute atomic E-state index is 13.1. The molecule has 0 saturated carbocycles. The Morgan fingerprint density at radius 1 is 1.13 bits per heavy atom. The van der Waals surface area contributed by atoms with Gasteiger partial charge in [0.05, 0.1) is 10.5 Å². The van der Waals surface area contributed by atoms with Gasteiger partial charge in [0.2, 0.25) is 10.0 Å². The summed E-state index contributed by atoms with van der Waals surface area (Å²) in [6.45, 7) is 4.95. The number of pyridine rings is 1. The van der Waals surface area contributed by atoms with Crippen molar-refractivity contribution >= 4 is 33.5 Å². The molecule has 1 amide bonds. The molecule has 0 unspecified atom stereocenters. The third-order valence-electron chi connectivity index (χ3n) is 5.32. The van der Waals surface area contributed by atoms with Crippen LogP contribution in [-0.4, -0.2) is 61.2 Å². The summed E-state index contributed by atoms with van der Waals surface area (Å²) >= 11 is 1.38. The summed E-state index contributed by atoms with van der Waals surface area (Å²) in [5.74, 6) is 0.639. The Morgan fingerprint density at radius 3 is 2.67 bits per heavy atom. The first-order chi connectivity index (χ1) is 14.5. The van der Waals surface area contributed by atoms with E-state index in [1.165, 1.54) is 22.3 Å². The minimum absolute atomic E-state index is 0.000924. The zero-order valence-corrected chi connectivity index (χ0v) is 18.6. The van der Waals surface area contributed by atoms with Gasteiger partial charge in [-0.1, -0.05) is 30.8 Å². The summed E-state index contributed by atoms with van der Waals surface area (Å²) in [7, 11) is -3.56. The molecule has 4 rings (SSSR count). The van der Waals surface area contributed by atoms with Gasteiger partial charge < -0.3 is 10.2 Å². The first-order valence-electron chi connectivity index (χ1n) is 10.3. The van der Waals surface area contributed by atoms with Crippen molar-refractivity contribution < 1.29 is 13.2 Å². The number of carbonyl (C=O) groups is 1. The molecule has 1 aromatic heterocycles. The number of carbonyl (C=O) groups excluding carboxylic acids is 1. The van der Waals surface area contributed by atoms with Crippen LogP contribution in [0.4, 0.5) is 5.82 Å². The number of sulfonamides is 1. The molecular formula is C21H26N4O3S2. The van der Waals surface area contributed by atoms with Crippen LogP contribution in [0, 0.1) is 0 Å². The molecule has 1 N–H and O–H groups in total. The topological polar surface area (TPSA) is 82.6 Å². The summed E-state index contributed by atoms with van der Waals surface area (Å²) in [4.78, 5) is 21.1. The summed E-state index contributed by atoms with van der Waals surface area (Å²) in [6, 6.07) is 9.16. The molecule has 1 aromatic carbocycles. The molecule has 0 radical (unpaired) electrons. The number of rotatable bonds is 4. The highest BCUT2D eigenvalue weighted by molar-refractivity contribution is 7.99. The predicted octanol–water partition coefficient (Wildman–Crippen LogP) is 3.30. The molecule has 2 aromatic rings. The van der Waals surface area contributed by atoms with E-state index >= 15 is 0 Å². The lowest BCUT2D eigenvalue weighted by atomic mass is 10.2. The molecule has 7 nitrogen and oxygen atoms in total. The molecule has 1 fully saturated rings. The molecule has 3 heterocycles. The number of nitrogens with one attached hydrogen (secondary N) is 1. The van der Waals surface area contributed by atoms with E-state index in [0.717, 1.165) is 24.2 Å². The molecule has 160 valence electrons. The molecule has 0 spiro atoms. The highest BCUT2D eigenvalue weighted by Gasteiger charge is 2.29. The molecule has 0 atom stereocenters. The van der Waals surface area contributed by atoms with Crippen molar-refractivity contribution in [2.45, 2.75) is 40.9 Å². The van der Waals surface area contributed by atoms with Gasteiger partial charge in [-0.15, -0.1) is 0 Å². The number of nitrogens with zero attached hydrogens (tertiary/aromatic N) is 3. The third kappa shape index (κ3) is 4.19. The van der Waals surface area contributed by atoms with E-state index in [2.05, 4.69) is 17.2 Å². The fourth-order valence-corrected chi connectivity index (χ4v) is 6.39. The molecule has 30 heavy (non-hydrogen) atoms. The van der Waals surface area contributed by atoms with Crippen molar-refractivity contribution in [1.29, 1.82) is 0 Å². The second kappa shape index (κ2) is 8.95. The van der Waals surface area contributed by atoms with Gasteiger partial charge in [0.1, 0.15) is 10.7 Å². The fourth-order valence-electron chi connectivity index (χ4n) is 3.77. The smallest absolute Gasteiger partial charge is 0.255 e. The van der Waals surface area contributed by atoms with Crippen LogP contribution in [0.5, 0.6) is 0 Å². The Balaban J connectivity index is 1.74. The van der Waals surface area contributed by atoms with Gasteiger partial charge in [-0.2, -0.15) is 4.31 Å². The van der Waals surface area contributed by atoms with E-state index in [1.54, 1.807) is 6.07 Å². The van der Waals surface area contributed by atoms with Crippen molar-refractivity contribution in [3.63, 3.8) is 0 Å². The van der Waals surface area contributed by atoms with Crippen molar-refractivity contribution in [3.8, 4) is 0 Å². The van der Waals surface area contributed by atoms with Crippen LogP contribution < -0.4 is 5.32 Å². The Hall–Kier alpha value is -2.10. The SMILES string of the molecule is CCCN1CCNc2ncc(S(=O)(=O)N3CCCC3)cc2Sc2ccccc2C1=O. The number of amides is 1. The van der Waals surface area contributed by atoms with Crippen molar-refractivity contribution in [3.05, 3.63) is 42.1 Å². The van der Waals surface area contributed by atoms with E-state index in [4.69, 9.17) is 0 Å². The van der Waals surface area contributed by atoms with Crippen molar-refractivity contribution in [2.75, 3.05) is 38.0 Å². The van der Waals surface area contributed by atoms with E-state index in [0.29, 0.717) is 49.0 Å². The molecule has 0 aliphatic carbocycles. The normalized spacial score (nSPS) is 17.9. The lowest BCUT2D eigenvalue weighted by Crippen LogP contribution is -2.36. The molecule has 2 aliphatic heterocycles. The Kier molecular flexibility index (Phi) is 6.31. The summed E-state index contributed by atoms with van der Waals surface area (Å²) in [5.41, 5.74) is 0.636. The van der Waals surface area contributed by atoms with Crippen LogP contribution in [0.3, 0.4) is 0 Å². The first kappa shape index (κ1) is 21.1. The zero-order chi connectivity index (χ0) is 21.1. The fraction of sp³-hybridized carbons (Fsp3) is 0.429. The molecule has 9 heteroatoms. The average Bonchev–Trinajstić information content (AvgIpc) is 3.29. The minimum atomic E-state index is -3.56. The quantitative estimate of drug-likeness (QED) is 0.776. The maximum Gasteiger partial charge on any atom is 0.255 e. The second-order valence-electron chi connectivity index (χ2n) is 7.45. The molecular weight excluding hydrogens is 420 g/mol. The van der Waals surface area contributed by atoms with Crippen LogP contribution >= 0.6 is 11.8 Å². The Morgan fingerprint density at radius 2 is 1.90 bits per heavy atom. The number of aromatic nitrogens is 1. The second-order valence-corrected chi connectivity index (χ2v) is 10.5. The van der Waals surface area contributed by atoms with E-state index in [1.807, 2.05) is 29.2 Å². The van der Waals surface area contributed by atoms with Crippen molar-refractivity contribution in [2.24, 2.45) is 0 Å². The highest BCUT2D eigenvalue weighted by atomic mass is 32.2. The van der Waals surface area contributed by atoms with Crippen LogP contribution in [-0.2, 0) is 10.0 Å². The molecule has 1 saturated heterocycles. The van der Waals surface area contributed by atoms with Crippen LogP contribution in [0.25, 0.3) is 0 Å². The first-order valence-corrected chi connectivity index (χ1v) is 12.6. The molecule has 2 aliphatic rings. The van der Waals surface area contributed by atoms with Gasteiger partial charge >= 0.3 is 0 Å². The number of anilines is 1. The Labute approximate surface area is 181 Å². The number of fused-ring (bicyclic) bond motifs is 2. The van der Waals surface area contributed by atoms with E-state index in [9.17, 15) is 13.2 Å². The van der Waals surface area contributed by atoms with Gasteiger partial charge in [-0.05, 0) is 37.5 Å². The van der Waals surface area contributed by atoms with Crippen LogP contribution in [0.2, 0.25) is 0 Å². The van der Waals surface area contributed by atoms with Crippen molar-refractivity contribution in [1.82, 2.24) is 14.2 Å². The summed E-state index contributed by atoms with van der Waals surface area (Å²) in [5, 5.41) is 3.29. The standard InChI is InChI=1S/C21H26N4O3S2/c1-2-10-24-13-9-22-20-19(29-18-8-4-3-7-17(18)21(24)26)14-16(15-23-20)30(27,28)25-11-5-6-12-25/h3-4,7-8,14-15H,2,5-6,9-13H2,1H3,(H,22,23). The predicted molar refractivity (Wildman–Crippen MR) is 117 cm³/mol. The highest BCUT2D eigenvalue weighted by Crippen LogP contribution is 2.37. The number of hydrogen-bond acceptors (Lipinski definition) is 6. The van der Waals surface area contributed by atoms with Gasteiger partial charge in [-0.25, -0.2) is 13.4 Å². The number of benzene rings is 1. The van der Waals surface area contributed by atoms with Gasteiger partial charge in [-0.3, -0.25) is 4.79 Å². The average molecular weight is 447 g/mol. The van der Waals surface area contributed by atoms with E-state index < -0.39 is 10.0 Å². The van der Waals surface area contributed by atoms with Crippen LogP contribution in [0.1, 0.15) is 36.5 Å². The maximum atomic E-state index is 13.1. The summed E-state index contributed by atoms with van der Waals surface area (Å²) < 4.78 is 27.5. The van der Waals surface area contributed by atoms with Gasteiger partial charge in [0, 0.05) is 43.8 Å². The summed E-state index contributed by atoms with van der Waals surface area (Å²) in [6.07, 6.45) is 4.09. The number of hydrogen-bond donors (Lipinski definition) is 1. The van der Waals surface area contributed by atoms with Crippen LogP contribution in [0.15, 0.2) is 51.2 Å². The monoisotopic (exact) mass is 446 g/mol. The van der Waals surface area contributed by atoms with Gasteiger partial charge in [0.15, 0.2) is 0 Å². The Bertz CT molecular complexity index is 1040. The lowest BCUT2D eigenvalue weighted by molar-refractivity contribution is 0.0758. The zero-order valence-electron chi connectivity index (χ0n) is 17.0. The van der Waals surface area contributed by atoms with E-state index in [-0.39, 0.29) is 10.8 Å². The van der Waals surface area contributed by atoms with Gasteiger partial charge in [0.25, 0.3) is 5.91 Å². The largest absolute Gasteiger partial charge is 0.367 e. The minimum Gasteiger partial charge on any atom is -0.367 e. The molecule has 0 bridgehead atoms.